The van der Waals surface area contributed by atoms with E-state index >= 15 is 0 Å². The van der Waals surface area contributed by atoms with E-state index in [2.05, 4.69) is 15.4 Å². The number of carbonyl (C=O) groups excluding carboxylic acids is 1. The van der Waals surface area contributed by atoms with E-state index in [0.717, 1.165) is 0 Å². The van der Waals surface area contributed by atoms with Crippen molar-refractivity contribution in [3.63, 3.8) is 0 Å². The normalized spacial score (nSPS) is 10.6. The quantitative estimate of drug-likeness (QED) is 0.897. The molecular weight excluding hydrogens is 301 g/mol. The zero-order valence-electron chi connectivity index (χ0n) is 10.7. The number of halogens is 2. The first-order valence-electron chi connectivity index (χ1n) is 5.91. The van der Waals surface area contributed by atoms with Crippen LogP contribution in [-0.4, -0.2) is 33.8 Å². The van der Waals surface area contributed by atoms with Gasteiger partial charge in [0.05, 0.1) is 10.0 Å². The van der Waals surface area contributed by atoms with Crippen molar-refractivity contribution in [2.75, 3.05) is 13.1 Å². The van der Waals surface area contributed by atoms with Crippen LogP contribution in [0.5, 0.6) is 0 Å². The highest BCUT2D eigenvalue weighted by Crippen LogP contribution is 2.28. The molecule has 0 aliphatic heterocycles. The number of para-hydroxylation sites is 1. The van der Waals surface area contributed by atoms with E-state index in [1.54, 1.807) is 25.1 Å². The van der Waals surface area contributed by atoms with Crippen LogP contribution >= 0.6 is 23.2 Å². The number of hydrogen-bond acceptors (Lipinski definition) is 4. The van der Waals surface area contributed by atoms with E-state index in [9.17, 15) is 4.79 Å². The first kappa shape index (κ1) is 14.8. The molecule has 106 valence electrons. The number of hydrogen-bond donors (Lipinski definition) is 2. The smallest absolute Gasteiger partial charge is 0.291 e. The zero-order chi connectivity index (χ0) is 14.7. The molecule has 0 saturated heterocycles. The van der Waals surface area contributed by atoms with Gasteiger partial charge in [0.1, 0.15) is 11.5 Å². The number of benzene rings is 1. The minimum atomic E-state index is -0.388. The highest BCUT2D eigenvalue weighted by atomic mass is 35.5. The highest BCUT2D eigenvalue weighted by molar-refractivity contribution is 6.37. The molecule has 1 amide bonds. The van der Waals surface area contributed by atoms with Crippen LogP contribution in [0.25, 0.3) is 5.69 Å². The van der Waals surface area contributed by atoms with Crippen LogP contribution in [0.4, 0.5) is 0 Å². The minimum Gasteiger partial charge on any atom is -0.348 e. The number of nitrogens with one attached hydrogen (secondary N) is 1. The van der Waals surface area contributed by atoms with Crippen molar-refractivity contribution in [3.8, 4) is 5.69 Å². The van der Waals surface area contributed by atoms with Crippen molar-refractivity contribution in [3.05, 3.63) is 39.9 Å². The fraction of sp³-hybridized carbons (Fsp3) is 0.250. The third-order valence-corrected chi connectivity index (χ3v) is 3.16. The van der Waals surface area contributed by atoms with Crippen LogP contribution < -0.4 is 11.1 Å². The summed E-state index contributed by atoms with van der Waals surface area (Å²) in [5, 5.41) is 7.60. The lowest BCUT2D eigenvalue weighted by Gasteiger charge is -2.07. The van der Waals surface area contributed by atoms with Gasteiger partial charge in [-0.1, -0.05) is 29.3 Å². The van der Waals surface area contributed by atoms with E-state index < -0.39 is 0 Å². The van der Waals surface area contributed by atoms with Crippen LogP contribution in [0.2, 0.25) is 10.0 Å². The van der Waals surface area contributed by atoms with Gasteiger partial charge in [-0.05, 0) is 19.1 Å². The molecule has 0 saturated carbocycles. The number of rotatable bonds is 4. The molecule has 0 unspecified atom stereocenters. The second-order valence-corrected chi connectivity index (χ2v) is 4.82. The maximum Gasteiger partial charge on any atom is 0.291 e. The average Bonchev–Trinajstić information content (AvgIpc) is 2.78. The summed E-state index contributed by atoms with van der Waals surface area (Å²) < 4.78 is 1.45. The number of nitrogens with zero attached hydrogens (tertiary/aromatic N) is 3. The van der Waals surface area contributed by atoms with Gasteiger partial charge in [0.25, 0.3) is 5.91 Å². The summed E-state index contributed by atoms with van der Waals surface area (Å²) in [6, 6.07) is 5.12. The van der Waals surface area contributed by atoms with E-state index in [1.165, 1.54) is 4.68 Å². The van der Waals surface area contributed by atoms with Gasteiger partial charge in [-0.25, -0.2) is 9.67 Å². The molecule has 8 heteroatoms. The van der Waals surface area contributed by atoms with Crippen molar-refractivity contribution in [1.29, 1.82) is 0 Å². The van der Waals surface area contributed by atoms with Gasteiger partial charge in [-0.3, -0.25) is 4.79 Å². The van der Waals surface area contributed by atoms with Crippen LogP contribution in [0.3, 0.4) is 0 Å². The van der Waals surface area contributed by atoms with E-state index in [4.69, 9.17) is 28.9 Å². The molecular formula is C12H13Cl2N5O. The lowest BCUT2D eigenvalue weighted by Crippen LogP contribution is -2.29. The van der Waals surface area contributed by atoms with Crippen molar-refractivity contribution in [1.82, 2.24) is 20.1 Å². The molecule has 2 rings (SSSR count). The Kier molecular flexibility index (Phi) is 4.59. The van der Waals surface area contributed by atoms with Crippen molar-refractivity contribution in [2.45, 2.75) is 6.92 Å². The fourth-order valence-corrected chi connectivity index (χ4v) is 2.21. The molecule has 0 radical (unpaired) electrons. The molecule has 20 heavy (non-hydrogen) atoms. The first-order valence-corrected chi connectivity index (χ1v) is 6.66. The Morgan fingerprint density at radius 2 is 2.05 bits per heavy atom. The molecule has 0 spiro atoms. The minimum absolute atomic E-state index is 0.0481. The molecule has 3 N–H and O–H groups in total. The van der Waals surface area contributed by atoms with Gasteiger partial charge in [0, 0.05) is 13.1 Å². The number of amides is 1. The molecule has 0 atom stereocenters. The summed E-state index contributed by atoms with van der Waals surface area (Å²) in [4.78, 5) is 15.9. The maximum absolute atomic E-state index is 11.8. The standard InChI is InChI=1S/C12H13Cl2N5O/c1-7-17-11(12(20)16-6-5-15)18-19(7)10-8(13)3-2-4-9(10)14/h2-4H,5-6,15H2,1H3,(H,16,20). The van der Waals surface area contributed by atoms with E-state index in [-0.39, 0.29) is 11.7 Å². The molecule has 0 fully saturated rings. The Hall–Kier alpha value is -1.63. The van der Waals surface area contributed by atoms with Gasteiger partial charge < -0.3 is 11.1 Å². The number of carbonyl (C=O) groups is 1. The third kappa shape index (κ3) is 2.92. The second-order valence-electron chi connectivity index (χ2n) is 4.01. The van der Waals surface area contributed by atoms with Crippen LogP contribution in [0.15, 0.2) is 18.2 Å². The van der Waals surface area contributed by atoms with Crippen molar-refractivity contribution < 1.29 is 4.79 Å². The molecule has 1 aromatic heterocycles. The number of nitrogens with two attached hydrogens (primary N) is 1. The largest absolute Gasteiger partial charge is 0.348 e. The Bertz CT molecular complexity index is 621. The van der Waals surface area contributed by atoms with Crippen LogP contribution in [-0.2, 0) is 0 Å². The lowest BCUT2D eigenvalue weighted by atomic mass is 10.3. The first-order chi connectivity index (χ1) is 9.54. The molecule has 0 aliphatic rings. The predicted octanol–water partition coefficient (Wildman–Crippen LogP) is 1.57. The maximum atomic E-state index is 11.8. The number of aromatic nitrogens is 3. The van der Waals surface area contributed by atoms with Crippen molar-refractivity contribution in [2.24, 2.45) is 5.73 Å². The van der Waals surface area contributed by atoms with Gasteiger partial charge in [-0.15, -0.1) is 5.10 Å². The summed E-state index contributed by atoms with van der Waals surface area (Å²) >= 11 is 12.2. The van der Waals surface area contributed by atoms with Gasteiger partial charge in [-0.2, -0.15) is 0 Å². The predicted molar refractivity (Wildman–Crippen MR) is 77.5 cm³/mol. The molecule has 0 aliphatic carbocycles. The molecule has 6 nitrogen and oxygen atoms in total. The number of aryl methyl sites for hydroxylation is 1. The van der Waals surface area contributed by atoms with E-state index in [1.807, 2.05) is 0 Å². The SMILES string of the molecule is Cc1nc(C(=O)NCCN)nn1-c1c(Cl)cccc1Cl. The Balaban J connectivity index is 2.39. The Morgan fingerprint density at radius 3 is 2.65 bits per heavy atom. The van der Waals surface area contributed by atoms with Gasteiger partial charge >= 0.3 is 0 Å². The monoisotopic (exact) mass is 313 g/mol. The van der Waals surface area contributed by atoms with Gasteiger partial charge in [0.15, 0.2) is 0 Å². The highest BCUT2D eigenvalue weighted by Gasteiger charge is 2.17. The molecule has 0 bridgehead atoms. The van der Waals surface area contributed by atoms with Gasteiger partial charge in [0.2, 0.25) is 5.82 Å². The van der Waals surface area contributed by atoms with E-state index in [0.29, 0.717) is 34.6 Å². The molecule has 2 aromatic rings. The zero-order valence-corrected chi connectivity index (χ0v) is 12.2. The topological polar surface area (TPSA) is 85.8 Å². The summed E-state index contributed by atoms with van der Waals surface area (Å²) in [6.45, 7) is 2.42. The summed E-state index contributed by atoms with van der Waals surface area (Å²) in [7, 11) is 0. The fourth-order valence-electron chi connectivity index (χ4n) is 1.65. The summed E-state index contributed by atoms with van der Waals surface area (Å²) in [5.41, 5.74) is 5.82. The van der Waals surface area contributed by atoms with Crippen LogP contribution in [0, 0.1) is 6.92 Å². The summed E-state index contributed by atoms with van der Waals surface area (Å²) in [5.74, 6) is 0.172. The molecule has 1 heterocycles. The average molecular weight is 314 g/mol. The summed E-state index contributed by atoms with van der Waals surface area (Å²) in [6.07, 6.45) is 0. The lowest BCUT2D eigenvalue weighted by molar-refractivity contribution is 0.0944. The Labute approximate surface area is 125 Å². The van der Waals surface area contributed by atoms with Crippen LogP contribution in [0.1, 0.15) is 16.4 Å². The van der Waals surface area contributed by atoms with Crippen molar-refractivity contribution >= 4 is 29.1 Å². The second kappa shape index (κ2) is 6.21. The Morgan fingerprint density at radius 1 is 1.40 bits per heavy atom. The third-order valence-electron chi connectivity index (χ3n) is 2.55. The molecule has 1 aromatic carbocycles.